The molecule has 0 bridgehead atoms. The maximum Gasteiger partial charge on any atom is 0.267 e. The molecule has 2 aromatic rings. The minimum Gasteiger partial charge on any atom is -0.508 e. The van der Waals surface area contributed by atoms with Crippen LogP contribution in [-0.2, 0) is 16.0 Å². The average Bonchev–Trinajstić information content (AvgIpc) is 3.27. The number of carbonyl (C=O) groups excluding carboxylic acids is 2. The van der Waals surface area contributed by atoms with E-state index in [4.69, 9.17) is 16.6 Å². The van der Waals surface area contributed by atoms with Gasteiger partial charge in [0.05, 0.1) is 11.2 Å². The van der Waals surface area contributed by atoms with E-state index in [0.29, 0.717) is 28.0 Å². The lowest BCUT2D eigenvalue weighted by atomic mass is 10.0. The smallest absolute Gasteiger partial charge is 0.267 e. The number of hydrogen-bond acceptors (Lipinski definition) is 6. The molecule has 2 N–H and O–H groups in total. The molecule has 0 saturated carbocycles. The van der Waals surface area contributed by atoms with E-state index in [0.717, 1.165) is 5.56 Å². The second-order valence-electron chi connectivity index (χ2n) is 6.96. The summed E-state index contributed by atoms with van der Waals surface area (Å²) in [4.78, 5) is 27.6. The van der Waals surface area contributed by atoms with Gasteiger partial charge in [-0.05, 0) is 42.2 Å². The molecule has 152 valence electrons. The van der Waals surface area contributed by atoms with Crippen LogP contribution < -0.4 is 5.32 Å². The number of furan rings is 1. The molecule has 8 heteroatoms. The summed E-state index contributed by atoms with van der Waals surface area (Å²) in [5.41, 5.74) is 0.996. The highest BCUT2D eigenvalue weighted by Crippen LogP contribution is 2.35. The molecular weight excluding hydrogens is 408 g/mol. The molecule has 1 fully saturated rings. The first-order chi connectivity index (χ1) is 13.9. The van der Waals surface area contributed by atoms with Crippen LogP contribution in [0.2, 0.25) is 0 Å². The summed E-state index contributed by atoms with van der Waals surface area (Å²) < 4.78 is 5.63. The van der Waals surface area contributed by atoms with Gasteiger partial charge in [0.1, 0.15) is 21.9 Å². The highest BCUT2D eigenvalue weighted by Gasteiger charge is 2.41. The summed E-state index contributed by atoms with van der Waals surface area (Å²) in [7, 11) is 0. The molecule has 29 heavy (non-hydrogen) atoms. The molecule has 1 saturated heterocycles. The molecule has 0 spiro atoms. The van der Waals surface area contributed by atoms with Crippen LogP contribution in [0, 0.1) is 5.92 Å². The van der Waals surface area contributed by atoms with Crippen LogP contribution in [0.3, 0.4) is 0 Å². The molecule has 3 rings (SSSR count). The van der Waals surface area contributed by atoms with Crippen LogP contribution in [0.4, 0.5) is 0 Å². The number of phenols is 1. The van der Waals surface area contributed by atoms with Crippen LogP contribution >= 0.6 is 24.0 Å². The number of amides is 2. The molecular formula is C21H22N2O4S2. The number of aromatic hydroxyl groups is 1. The van der Waals surface area contributed by atoms with Gasteiger partial charge in [-0.15, -0.1) is 0 Å². The SMILES string of the molecule is CC(C)C(C(=O)NCCc1ccc(O)cc1)N1C(=O)/C(=C/c2ccco2)SC1=S. The summed E-state index contributed by atoms with van der Waals surface area (Å²) >= 11 is 6.57. The largest absolute Gasteiger partial charge is 0.508 e. The fourth-order valence-electron chi connectivity index (χ4n) is 3.04. The number of nitrogens with zero attached hydrogens (tertiary/aromatic N) is 1. The first-order valence-electron chi connectivity index (χ1n) is 9.23. The van der Waals surface area contributed by atoms with Crippen molar-refractivity contribution in [2.24, 2.45) is 5.92 Å². The topological polar surface area (TPSA) is 82.8 Å². The number of benzene rings is 1. The van der Waals surface area contributed by atoms with E-state index in [2.05, 4.69) is 5.32 Å². The monoisotopic (exact) mass is 430 g/mol. The molecule has 2 heterocycles. The zero-order chi connectivity index (χ0) is 21.0. The van der Waals surface area contributed by atoms with Gasteiger partial charge in [-0.2, -0.15) is 0 Å². The Balaban J connectivity index is 1.68. The molecule has 2 amide bonds. The number of phenolic OH excluding ortho intramolecular Hbond substituents is 1. The predicted octanol–water partition coefficient (Wildman–Crippen LogP) is 3.57. The summed E-state index contributed by atoms with van der Waals surface area (Å²) in [5.74, 6) is 0.117. The lowest BCUT2D eigenvalue weighted by Gasteiger charge is -2.29. The quantitative estimate of drug-likeness (QED) is 0.516. The number of rotatable bonds is 7. The third-order valence-electron chi connectivity index (χ3n) is 4.47. The van der Waals surface area contributed by atoms with E-state index >= 15 is 0 Å². The van der Waals surface area contributed by atoms with Crippen LogP contribution in [0.5, 0.6) is 5.75 Å². The Morgan fingerprint density at radius 2 is 2.03 bits per heavy atom. The Kier molecular flexibility index (Phi) is 6.76. The third-order valence-corrected chi connectivity index (χ3v) is 5.80. The number of thioether (sulfide) groups is 1. The Bertz CT molecular complexity index is 921. The summed E-state index contributed by atoms with van der Waals surface area (Å²) in [6.07, 6.45) is 3.79. The van der Waals surface area contributed by atoms with Gasteiger partial charge in [0, 0.05) is 12.6 Å². The van der Waals surface area contributed by atoms with Crippen LogP contribution in [0.1, 0.15) is 25.2 Å². The second kappa shape index (κ2) is 9.28. The standard InChI is InChI=1S/C21H22N2O4S2/c1-13(2)18(19(25)22-10-9-14-5-7-15(24)8-6-14)23-20(26)17(29-21(23)28)12-16-4-3-11-27-16/h3-8,11-13,18,24H,9-10H2,1-2H3,(H,22,25)/b17-12-. The van der Waals surface area contributed by atoms with Gasteiger partial charge in [0.25, 0.3) is 5.91 Å². The predicted molar refractivity (Wildman–Crippen MR) is 117 cm³/mol. The van der Waals surface area contributed by atoms with Crippen molar-refractivity contribution in [2.45, 2.75) is 26.3 Å². The fourth-order valence-corrected chi connectivity index (χ4v) is 4.35. The first-order valence-corrected chi connectivity index (χ1v) is 10.5. The maximum atomic E-state index is 12.9. The fraction of sp³-hybridized carbons (Fsp3) is 0.286. The highest BCUT2D eigenvalue weighted by molar-refractivity contribution is 8.26. The van der Waals surface area contributed by atoms with Gasteiger partial charge in [0.2, 0.25) is 5.91 Å². The molecule has 1 atom stereocenters. The lowest BCUT2D eigenvalue weighted by molar-refractivity contribution is -0.134. The molecule has 0 radical (unpaired) electrons. The molecule has 0 aliphatic carbocycles. The van der Waals surface area contributed by atoms with Crippen molar-refractivity contribution in [3.05, 3.63) is 58.9 Å². The second-order valence-corrected chi connectivity index (χ2v) is 8.64. The van der Waals surface area contributed by atoms with Crippen LogP contribution in [-0.4, -0.2) is 38.7 Å². The number of hydrogen-bond donors (Lipinski definition) is 2. The van der Waals surface area contributed by atoms with Gasteiger partial charge in [0.15, 0.2) is 0 Å². The Hall–Kier alpha value is -2.58. The van der Waals surface area contributed by atoms with E-state index in [1.165, 1.54) is 22.9 Å². The number of carbonyl (C=O) groups is 2. The van der Waals surface area contributed by atoms with Gasteiger partial charge in [-0.25, -0.2) is 0 Å². The van der Waals surface area contributed by atoms with Crippen molar-refractivity contribution >= 4 is 46.2 Å². The third kappa shape index (κ3) is 5.07. The molecule has 1 aromatic heterocycles. The van der Waals surface area contributed by atoms with Gasteiger partial charge >= 0.3 is 0 Å². The van der Waals surface area contributed by atoms with Gasteiger partial charge in [-0.1, -0.05) is 50.0 Å². The van der Waals surface area contributed by atoms with E-state index in [-0.39, 0.29) is 23.5 Å². The summed E-state index contributed by atoms with van der Waals surface area (Å²) in [5, 5.41) is 12.2. The highest BCUT2D eigenvalue weighted by atomic mass is 32.2. The van der Waals surface area contributed by atoms with Crippen molar-refractivity contribution in [3.63, 3.8) is 0 Å². The van der Waals surface area contributed by atoms with Crippen LogP contribution in [0.15, 0.2) is 52.0 Å². The zero-order valence-corrected chi connectivity index (χ0v) is 17.8. The van der Waals surface area contributed by atoms with Crippen molar-refractivity contribution in [2.75, 3.05) is 6.54 Å². The van der Waals surface area contributed by atoms with Crippen LogP contribution in [0.25, 0.3) is 6.08 Å². The average molecular weight is 431 g/mol. The zero-order valence-electron chi connectivity index (χ0n) is 16.1. The Morgan fingerprint density at radius 1 is 1.31 bits per heavy atom. The van der Waals surface area contributed by atoms with E-state index < -0.39 is 6.04 Å². The lowest BCUT2D eigenvalue weighted by Crippen LogP contribution is -2.51. The number of thiocarbonyl (C=S) groups is 1. The minimum absolute atomic E-state index is 0.117. The Morgan fingerprint density at radius 3 is 2.66 bits per heavy atom. The summed E-state index contributed by atoms with van der Waals surface area (Å²) in [6.45, 7) is 4.20. The molecule has 1 aromatic carbocycles. The van der Waals surface area contributed by atoms with Crippen molar-refractivity contribution in [1.82, 2.24) is 10.2 Å². The van der Waals surface area contributed by atoms with Gasteiger partial charge in [-0.3, -0.25) is 14.5 Å². The Labute approximate surface area is 179 Å². The van der Waals surface area contributed by atoms with E-state index in [1.54, 1.807) is 30.3 Å². The van der Waals surface area contributed by atoms with Crippen molar-refractivity contribution in [1.29, 1.82) is 0 Å². The van der Waals surface area contributed by atoms with E-state index in [9.17, 15) is 14.7 Å². The molecule has 1 unspecified atom stereocenters. The minimum atomic E-state index is -0.690. The first kappa shape index (κ1) is 21.1. The molecule has 6 nitrogen and oxygen atoms in total. The number of nitrogens with one attached hydrogen (secondary N) is 1. The van der Waals surface area contributed by atoms with Crippen molar-refractivity contribution < 1.29 is 19.1 Å². The summed E-state index contributed by atoms with van der Waals surface area (Å²) in [6, 6.07) is 9.64. The maximum absolute atomic E-state index is 12.9. The molecule has 1 aliphatic heterocycles. The van der Waals surface area contributed by atoms with Crippen molar-refractivity contribution in [3.8, 4) is 5.75 Å². The normalized spacial score (nSPS) is 16.7. The van der Waals surface area contributed by atoms with Gasteiger partial charge < -0.3 is 14.8 Å². The molecule has 1 aliphatic rings. The van der Waals surface area contributed by atoms with E-state index in [1.807, 2.05) is 26.0 Å².